The first-order valence-corrected chi connectivity index (χ1v) is 10.5. The summed E-state index contributed by atoms with van der Waals surface area (Å²) in [5, 5.41) is 0. The van der Waals surface area contributed by atoms with E-state index in [1.54, 1.807) is 21.3 Å². The Balaban J connectivity index is 1.40. The molecule has 3 heterocycles. The van der Waals surface area contributed by atoms with Crippen molar-refractivity contribution in [3.05, 3.63) is 46.9 Å². The molecule has 6 heteroatoms. The lowest BCUT2D eigenvalue weighted by Gasteiger charge is -2.41. The molecule has 2 aliphatic heterocycles. The molecule has 0 saturated carbocycles. The van der Waals surface area contributed by atoms with Gasteiger partial charge < -0.3 is 18.6 Å². The molecule has 29 heavy (non-hydrogen) atoms. The first-order chi connectivity index (χ1) is 14.2. The van der Waals surface area contributed by atoms with E-state index in [0.717, 1.165) is 62.2 Å². The van der Waals surface area contributed by atoms with E-state index in [1.165, 1.54) is 24.0 Å². The molecule has 2 aromatic rings. The Bertz CT molecular complexity index is 819. The minimum atomic E-state index is 0.532. The van der Waals surface area contributed by atoms with Gasteiger partial charge in [-0.1, -0.05) is 0 Å². The van der Waals surface area contributed by atoms with E-state index in [4.69, 9.17) is 18.6 Å². The van der Waals surface area contributed by atoms with Crippen LogP contribution in [-0.4, -0.2) is 56.8 Å². The van der Waals surface area contributed by atoms with Crippen LogP contribution in [0.5, 0.6) is 11.5 Å². The molecule has 0 amide bonds. The van der Waals surface area contributed by atoms with Gasteiger partial charge in [0.25, 0.3) is 0 Å². The molecule has 0 N–H and O–H groups in total. The van der Waals surface area contributed by atoms with Crippen molar-refractivity contribution in [3.63, 3.8) is 0 Å². The molecule has 1 aromatic carbocycles. The average Bonchev–Trinajstić information content (AvgIpc) is 3.19. The van der Waals surface area contributed by atoms with Crippen LogP contribution in [-0.2, 0) is 30.9 Å². The van der Waals surface area contributed by atoms with E-state index in [9.17, 15) is 0 Å². The van der Waals surface area contributed by atoms with Gasteiger partial charge in [-0.15, -0.1) is 0 Å². The maximum Gasteiger partial charge on any atom is 0.161 e. The average molecular weight is 401 g/mol. The van der Waals surface area contributed by atoms with Crippen LogP contribution < -0.4 is 9.47 Å². The van der Waals surface area contributed by atoms with Crippen molar-refractivity contribution in [2.45, 2.75) is 45.0 Å². The number of nitrogens with zero attached hydrogens (tertiary/aromatic N) is 2. The first kappa shape index (κ1) is 20.3. The van der Waals surface area contributed by atoms with Gasteiger partial charge in [0, 0.05) is 32.8 Å². The SMILES string of the molecule is COCc1ccc(CN2CCCC(N3CCc4cc(OC)c(OC)cc4C3)C2)o1. The van der Waals surface area contributed by atoms with Crippen LogP contribution in [0.1, 0.15) is 35.5 Å². The van der Waals surface area contributed by atoms with Crippen molar-refractivity contribution in [2.24, 2.45) is 0 Å². The summed E-state index contributed by atoms with van der Waals surface area (Å²) >= 11 is 0. The Labute approximate surface area is 173 Å². The van der Waals surface area contributed by atoms with Gasteiger partial charge in [0.2, 0.25) is 0 Å². The quantitative estimate of drug-likeness (QED) is 0.709. The highest BCUT2D eigenvalue weighted by Gasteiger charge is 2.29. The van der Waals surface area contributed by atoms with Crippen molar-refractivity contribution in [1.82, 2.24) is 9.80 Å². The summed E-state index contributed by atoms with van der Waals surface area (Å²) < 4.78 is 22.0. The fourth-order valence-corrected chi connectivity index (χ4v) is 4.64. The fraction of sp³-hybridized carbons (Fsp3) is 0.565. The summed E-state index contributed by atoms with van der Waals surface area (Å²) in [6, 6.07) is 8.98. The van der Waals surface area contributed by atoms with Crippen molar-refractivity contribution in [2.75, 3.05) is 41.0 Å². The van der Waals surface area contributed by atoms with Gasteiger partial charge in [-0.2, -0.15) is 0 Å². The minimum Gasteiger partial charge on any atom is -0.493 e. The van der Waals surface area contributed by atoms with Gasteiger partial charge in [-0.25, -0.2) is 0 Å². The van der Waals surface area contributed by atoms with Crippen molar-refractivity contribution >= 4 is 0 Å². The number of hydrogen-bond donors (Lipinski definition) is 0. The predicted molar refractivity (Wildman–Crippen MR) is 111 cm³/mol. The molecule has 0 spiro atoms. The summed E-state index contributed by atoms with van der Waals surface area (Å²) in [4.78, 5) is 5.16. The van der Waals surface area contributed by atoms with E-state index >= 15 is 0 Å². The molecule has 1 fully saturated rings. The number of rotatable bonds is 7. The molecule has 1 unspecified atom stereocenters. The number of likely N-dealkylation sites (tertiary alicyclic amines) is 1. The molecule has 6 nitrogen and oxygen atoms in total. The third kappa shape index (κ3) is 4.60. The largest absolute Gasteiger partial charge is 0.493 e. The molecule has 0 aliphatic carbocycles. The number of fused-ring (bicyclic) bond motifs is 1. The Morgan fingerprint density at radius 2 is 1.76 bits per heavy atom. The molecule has 2 aliphatic rings. The fourth-order valence-electron chi connectivity index (χ4n) is 4.64. The third-order valence-corrected chi connectivity index (χ3v) is 6.13. The molecule has 158 valence electrons. The van der Waals surface area contributed by atoms with E-state index in [-0.39, 0.29) is 0 Å². The van der Waals surface area contributed by atoms with Crippen LogP contribution in [0, 0.1) is 0 Å². The van der Waals surface area contributed by atoms with Crippen molar-refractivity contribution in [1.29, 1.82) is 0 Å². The highest BCUT2D eigenvalue weighted by atomic mass is 16.5. The smallest absolute Gasteiger partial charge is 0.161 e. The first-order valence-electron chi connectivity index (χ1n) is 10.5. The minimum absolute atomic E-state index is 0.532. The topological polar surface area (TPSA) is 47.3 Å². The number of methoxy groups -OCH3 is 3. The maximum atomic E-state index is 5.90. The van der Waals surface area contributed by atoms with Gasteiger partial charge in [-0.05, 0) is 61.2 Å². The van der Waals surface area contributed by atoms with Crippen LogP contribution in [0.4, 0.5) is 0 Å². The highest BCUT2D eigenvalue weighted by Crippen LogP contribution is 2.34. The van der Waals surface area contributed by atoms with Crippen molar-refractivity contribution in [3.8, 4) is 11.5 Å². The van der Waals surface area contributed by atoms with Gasteiger partial charge >= 0.3 is 0 Å². The van der Waals surface area contributed by atoms with Crippen LogP contribution in [0.25, 0.3) is 0 Å². The molecule has 0 bridgehead atoms. The van der Waals surface area contributed by atoms with Crippen LogP contribution in [0.15, 0.2) is 28.7 Å². The number of furan rings is 1. The van der Waals surface area contributed by atoms with E-state index in [2.05, 4.69) is 28.0 Å². The number of benzene rings is 1. The highest BCUT2D eigenvalue weighted by molar-refractivity contribution is 5.48. The number of ether oxygens (including phenoxy) is 3. The lowest BCUT2D eigenvalue weighted by atomic mass is 9.95. The molecular formula is C23H32N2O4. The monoisotopic (exact) mass is 400 g/mol. The van der Waals surface area contributed by atoms with E-state index in [0.29, 0.717) is 12.6 Å². The van der Waals surface area contributed by atoms with Gasteiger partial charge in [0.15, 0.2) is 11.5 Å². The van der Waals surface area contributed by atoms with Crippen LogP contribution in [0.2, 0.25) is 0 Å². The second-order valence-electron chi connectivity index (χ2n) is 8.03. The zero-order valence-corrected chi connectivity index (χ0v) is 17.8. The Morgan fingerprint density at radius 3 is 2.52 bits per heavy atom. The van der Waals surface area contributed by atoms with E-state index in [1.807, 2.05) is 6.07 Å². The summed E-state index contributed by atoms with van der Waals surface area (Å²) in [5.74, 6) is 3.57. The summed E-state index contributed by atoms with van der Waals surface area (Å²) in [5.41, 5.74) is 2.74. The molecule has 0 radical (unpaired) electrons. The standard InChI is InChI=1S/C23H32N2O4/c1-26-16-21-7-6-20(29-21)15-24-9-4-5-19(14-24)25-10-8-17-11-22(27-2)23(28-3)12-18(17)13-25/h6-7,11-12,19H,4-5,8-10,13-16H2,1-3H3. The lowest BCUT2D eigenvalue weighted by molar-refractivity contribution is 0.0790. The van der Waals surface area contributed by atoms with Crippen LogP contribution in [0.3, 0.4) is 0 Å². The second kappa shape index (κ2) is 9.20. The molecule has 1 atom stereocenters. The zero-order valence-electron chi connectivity index (χ0n) is 17.8. The number of hydrogen-bond acceptors (Lipinski definition) is 6. The maximum absolute atomic E-state index is 5.90. The molecule has 1 saturated heterocycles. The zero-order chi connectivity index (χ0) is 20.2. The molecular weight excluding hydrogens is 368 g/mol. The van der Waals surface area contributed by atoms with Gasteiger partial charge in [-0.3, -0.25) is 9.80 Å². The lowest BCUT2D eigenvalue weighted by Crippen LogP contribution is -2.49. The number of piperidine rings is 1. The summed E-state index contributed by atoms with van der Waals surface area (Å²) in [6.45, 7) is 5.70. The Hall–Kier alpha value is -2.02. The molecule has 1 aromatic heterocycles. The normalized spacial score (nSPS) is 20.4. The van der Waals surface area contributed by atoms with Crippen molar-refractivity contribution < 1.29 is 18.6 Å². The van der Waals surface area contributed by atoms with Crippen LogP contribution >= 0.6 is 0 Å². The van der Waals surface area contributed by atoms with E-state index < -0.39 is 0 Å². The predicted octanol–water partition coefficient (Wildman–Crippen LogP) is 3.47. The Kier molecular flexibility index (Phi) is 6.43. The third-order valence-electron chi connectivity index (χ3n) is 6.13. The molecule has 4 rings (SSSR count). The van der Waals surface area contributed by atoms with Gasteiger partial charge in [0.05, 0.1) is 20.8 Å². The second-order valence-corrected chi connectivity index (χ2v) is 8.03. The summed E-state index contributed by atoms with van der Waals surface area (Å²) in [6.07, 6.45) is 3.54. The Morgan fingerprint density at radius 1 is 1.00 bits per heavy atom. The van der Waals surface area contributed by atoms with Gasteiger partial charge in [0.1, 0.15) is 18.1 Å². The summed E-state index contributed by atoms with van der Waals surface area (Å²) in [7, 11) is 5.10.